The quantitative estimate of drug-likeness (QED) is 0.570. The van der Waals surface area contributed by atoms with Crippen molar-refractivity contribution in [3.8, 4) is 11.8 Å². The van der Waals surface area contributed by atoms with Gasteiger partial charge in [0.2, 0.25) is 0 Å². The summed E-state index contributed by atoms with van der Waals surface area (Å²) in [5.41, 5.74) is 1.50. The number of para-hydroxylation sites is 2. The lowest BCUT2D eigenvalue weighted by Gasteiger charge is -2.22. The normalized spacial score (nSPS) is 9.92. The van der Waals surface area contributed by atoms with Crippen molar-refractivity contribution in [2.75, 3.05) is 18.1 Å². The Morgan fingerprint density at radius 1 is 1.24 bits per heavy atom. The van der Waals surface area contributed by atoms with Crippen LogP contribution >= 0.6 is 0 Å². The molecule has 25 heavy (non-hydrogen) atoms. The van der Waals surface area contributed by atoms with E-state index in [1.54, 1.807) is 18.2 Å². The highest BCUT2D eigenvalue weighted by atomic mass is 16.6. The van der Waals surface area contributed by atoms with Gasteiger partial charge in [0.25, 0.3) is 5.91 Å². The van der Waals surface area contributed by atoms with Crippen molar-refractivity contribution >= 4 is 17.3 Å². The Labute approximate surface area is 145 Å². The summed E-state index contributed by atoms with van der Waals surface area (Å²) in [7, 11) is 0. The van der Waals surface area contributed by atoms with E-state index in [-0.39, 0.29) is 36.9 Å². The van der Waals surface area contributed by atoms with E-state index in [1.807, 2.05) is 25.1 Å². The molecule has 2 aromatic carbocycles. The average molecular weight is 339 g/mol. The maximum atomic E-state index is 12.5. The Morgan fingerprint density at radius 2 is 1.92 bits per heavy atom. The van der Waals surface area contributed by atoms with Crippen LogP contribution in [0.2, 0.25) is 0 Å². The number of amides is 1. The predicted molar refractivity (Wildman–Crippen MR) is 92.4 cm³/mol. The molecule has 7 heteroatoms. The number of rotatable bonds is 7. The summed E-state index contributed by atoms with van der Waals surface area (Å²) in [5, 5.41) is 19.8. The number of carbonyl (C=O) groups is 1. The molecule has 0 aliphatic rings. The van der Waals surface area contributed by atoms with Gasteiger partial charge in [0, 0.05) is 18.3 Å². The summed E-state index contributed by atoms with van der Waals surface area (Å²) < 4.78 is 5.35. The van der Waals surface area contributed by atoms with Crippen molar-refractivity contribution in [3.05, 3.63) is 64.2 Å². The van der Waals surface area contributed by atoms with Gasteiger partial charge in [-0.3, -0.25) is 14.9 Å². The first-order valence-corrected chi connectivity index (χ1v) is 7.63. The Bertz CT molecular complexity index is 797. The molecular weight excluding hydrogens is 322 g/mol. The van der Waals surface area contributed by atoms with Crippen LogP contribution in [0.15, 0.2) is 48.5 Å². The number of nitriles is 1. The minimum absolute atomic E-state index is 0.0324. The number of aryl methyl sites for hydroxylation is 1. The second-order valence-corrected chi connectivity index (χ2v) is 5.30. The zero-order valence-electron chi connectivity index (χ0n) is 13.7. The molecule has 0 fully saturated rings. The van der Waals surface area contributed by atoms with Gasteiger partial charge in [0.1, 0.15) is 0 Å². The van der Waals surface area contributed by atoms with Crippen LogP contribution in [0.5, 0.6) is 5.75 Å². The standard InChI is InChI=1S/C18H17N3O4/c1-14-7-9-15(10-8-14)20(12-4-11-19)18(22)13-25-17-6-3-2-5-16(17)21(23)24/h2-3,5-10H,4,12-13H2,1H3. The van der Waals surface area contributed by atoms with Crippen molar-refractivity contribution in [2.24, 2.45) is 0 Å². The molecule has 1 amide bonds. The molecule has 0 aromatic heterocycles. The molecule has 7 nitrogen and oxygen atoms in total. The molecule has 0 radical (unpaired) electrons. The van der Waals surface area contributed by atoms with E-state index >= 15 is 0 Å². The fourth-order valence-corrected chi connectivity index (χ4v) is 2.23. The fraction of sp³-hybridized carbons (Fsp3) is 0.222. The second-order valence-electron chi connectivity index (χ2n) is 5.30. The SMILES string of the molecule is Cc1ccc(N(CCC#N)C(=O)COc2ccccc2[N+](=O)[O-])cc1. The van der Waals surface area contributed by atoms with Gasteiger partial charge in [-0.2, -0.15) is 5.26 Å². The Morgan fingerprint density at radius 3 is 2.56 bits per heavy atom. The summed E-state index contributed by atoms with van der Waals surface area (Å²) in [5.74, 6) is -0.345. The molecule has 128 valence electrons. The molecular formula is C18H17N3O4. The molecule has 0 aliphatic carbocycles. The minimum atomic E-state index is -0.562. The number of hydrogen-bond donors (Lipinski definition) is 0. The van der Waals surface area contributed by atoms with Crippen LogP contribution in [0.25, 0.3) is 0 Å². The molecule has 0 N–H and O–H groups in total. The second kappa shape index (κ2) is 8.45. The largest absolute Gasteiger partial charge is 0.477 e. The summed E-state index contributed by atoms with van der Waals surface area (Å²) >= 11 is 0. The highest BCUT2D eigenvalue weighted by Gasteiger charge is 2.19. The summed E-state index contributed by atoms with van der Waals surface area (Å²) in [4.78, 5) is 24.4. The van der Waals surface area contributed by atoms with Crippen molar-refractivity contribution in [3.63, 3.8) is 0 Å². The van der Waals surface area contributed by atoms with Gasteiger partial charge in [-0.25, -0.2) is 0 Å². The zero-order chi connectivity index (χ0) is 18.2. The number of ether oxygens (including phenoxy) is 1. The molecule has 0 spiro atoms. The molecule has 2 rings (SSSR count). The summed E-state index contributed by atoms with van der Waals surface area (Å²) in [6, 6.07) is 15.2. The number of hydrogen-bond acceptors (Lipinski definition) is 5. The lowest BCUT2D eigenvalue weighted by molar-refractivity contribution is -0.385. The highest BCUT2D eigenvalue weighted by molar-refractivity contribution is 5.94. The average Bonchev–Trinajstić information content (AvgIpc) is 2.61. The first-order valence-electron chi connectivity index (χ1n) is 7.63. The molecule has 2 aromatic rings. The van der Waals surface area contributed by atoms with E-state index in [2.05, 4.69) is 0 Å². The van der Waals surface area contributed by atoms with E-state index in [9.17, 15) is 14.9 Å². The van der Waals surface area contributed by atoms with Gasteiger partial charge in [-0.1, -0.05) is 29.8 Å². The number of carbonyl (C=O) groups excluding carboxylic acids is 1. The minimum Gasteiger partial charge on any atom is -0.477 e. The van der Waals surface area contributed by atoms with Crippen LogP contribution in [0, 0.1) is 28.4 Å². The number of nitro groups is 1. The van der Waals surface area contributed by atoms with Crippen molar-refractivity contribution < 1.29 is 14.5 Å². The topological polar surface area (TPSA) is 96.5 Å². The number of nitrogens with zero attached hydrogens (tertiary/aromatic N) is 3. The van der Waals surface area contributed by atoms with Crippen LogP contribution in [0.1, 0.15) is 12.0 Å². The molecule has 0 saturated carbocycles. The van der Waals surface area contributed by atoms with Crippen LogP contribution in [-0.4, -0.2) is 24.0 Å². The van der Waals surface area contributed by atoms with E-state index in [1.165, 1.54) is 23.1 Å². The maximum Gasteiger partial charge on any atom is 0.310 e. The highest BCUT2D eigenvalue weighted by Crippen LogP contribution is 2.26. The van der Waals surface area contributed by atoms with Gasteiger partial charge in [0.15, 0.2) is 12.4 Å². The monoisotopic (exact) mass is 339 g/mol. The summed E-state index contributed by atoms with van der Waals surface area (Å²) in [6.45, 7) is 1.80. The molecule has 0 aliphatic heterocycles. The van der Waals surface area contributed by atoms with Crippen LogP contribution in [0.3, 0.4) is 0 Å². The van der Waals surface area contributed by atoms with E-state index < -0.39 is 4.92 Å². The van der Waals surface area contributed by atoms with Crippen LogP contribution < -0.4 is 9.64 Å². The van der Waals surface area contributed by atoms with Crippen molar-refractivity contribution in [2.45, 2.75) is 13.3 Å². The third kappa shape index (κ3) is 4.78. The molecule has 0 saturated heterocycles. The maximum absolute atomic E-state index is 12.5. The smallest absolute Gasteiger partial charge is 0.310 e. The van der Waals surface area contributed by atoms with Gasteiger partial charge >= 0.3 is 5.69 Å². The van der Waals surface area contributed by atoms with Gasteiger partial charge in [0.05, 0.1) is 17.4 Å². The lowest BCUT2D eigenvalue weighted by Crippen LogP contribution is -2.35. The Hall–Kier alpha value is -3.40. The fourth-order valence-electron chi connectivity index (χ4n) is 2.23. The van der Waals surface area contributed by atoms with Crippen LogP contribution in [-0.2, 0) is 4.79 Å². The number of nitro benzene ring substituents is 1. The summed E-state index contributed by atoms with van der Waals surface area (Å²) in [6.07, 6.45) is 0.172. The number of benzene rings is 2. The molecule has 0 atom stereocenters. The van der Waals surface area contributed by atoms with Gasteiger partial charge in [-0.05, 0) is 25.1 Å². The van der Waals surface area contributed by atoms with Crippen molar-refractivity contribution in [1.29, 1.82) is 5.26 Å². The molecule has 0 unspecified atom stereocenters. The third-order valence-electron chi connectivity index (χ3n) is 3.51. The van der Waals surface area contributed by atoms with Gasteiger partial charge < -0.3 is 9.64 Å². The van der Waals surface area contributed by atoms with E-state index in [0.29, 0.717) is 5.69 Å². The Kier molecular flexibility index (Phi) is 6.07. The third-order valence-corrected chi connectivity index (χ3v) is 3.51. The van der Waals surface area contributed by atoms with Gasteiger partial charge in [-0.15, -0.1) is 0 Å². The predicted octanol–water partition coefficient (Wildman–Crippen LogP) is 3.23. The van der Waals surface area contributed by atoms with E-state index in [4.69, 9.17) is 10.00 Å². The zero-order valence-corrected chi connectivity index (χ0v) is 13.7. The first kappa shape index (κ1) is 17.9. The lowest BCUT2D eigenvalue weighted by atomic mass is 10.2. The first-order chi connectivity index (χ1) is 12.0. The molecule has 0 heterocycles. The van der Waals surface area contributed by atoms with Crippen molar-refractivity contribution in [1.82, 2.24) is 0 Å². The van der Waals surface area contributed by atoms with Crippen LogP contribution in [0.4, 0.5) is 11.4 Å². The molecule has 0 bridgehead atoms. The Balaban J connectivity index is 2.13. The number of anilines is 1. The van der Waals surface area contributed by atoms with E-state index in [0.717, 1.165) is 5.56 Å².